The van der Waals surface area contributed by atoms with Crippen LogP contribution in [-0.2, 0) is 4.79 Å². The molecule has 0 radical (unpaired) electrons. The minimum atomic E-state index is -0.445. The van der Waals surface area contributed by atoms with Gasteiger partial charge >= 0.3 is 0 Å². The van der Waals surface area contributed by atoms with Crippen molar-refractivity contribution in [1.82, 2.24) is 4.90 Å². The number of nitrogens with zero attached hydrogens (tertiary/aromatic N) is 1. The maximum Gasteiger partial charge on any atom is 0.224 e. The van der Waals surface area contributed by atoms with Gasteiger partial charge in [-0.15, -0.1) is 0 Å². The molecule has 0 bridgehead atoms. The first-order chi connectivity index (χ1) is 8.99. The Bertz CT molecular complexity index is 531. The van der Waals surface area contributed by atoms with Crippen LogP contribution in [0, 0.1) is 5.41 Å². The summed E-state index contributed by atoms with van der Waals surface area (Å²) in [5.41, 5.74) is 6.11. The van der Waals surface area contributed by atoms with Crippen LogP contribution < -0.4 is 10.5 Å². The smallest absolute Gasteiger partial charge is 0.224 e. The molecular weight excluding hydrogens is 244 g/mol. The summed E-state index contributed by atoms with van der Waals surface area (Å²) in [6, 6.07) is 5.35. The number of likely N-dealkylation sites (tertiary alicyclic amines) is 1. The second-order valence-corrected chi connectivity index (χ2v) is 5.69. The lowest BCUT2D eigenvalue weighted by atomic mass is 9.89. The van der Waals surface area contributed by atoms with Crippen molar-refractivity contribution < 1.29 is 14.6 Å². The van der Waals surface area contributed by atoms with E-state index in [0.717, 1.165) is 24.3 Å². The number of nitrogens with two attached hydrogens (primary N) is 1. The third-order valence-corrected chi connectivity index (χ3v) is 4.29. The molecular formula is C14H18N2O3. The Balaban J connectivity index is 1.82. The van der Waals surface area contributed by atoms with E-state index in [0.29, 0.717) is 13.2 Å². The monoisotopic (exact) mass is 262 g/mol. The van der Waals surface area contributed by atoms with Gasteiger partial charge in [-0.25, -0.2) is 0 Å². The van der Waals surface area contributed by atoms with Gasteiger partial charge in [-0.1, -0.05) is 0 Å². The van der Waals surface area contributed by atoms with Crippen LogP contribution in [0.3, 0.4) is 0 Å². The molecule has 5 nitrogen and oxygen atoms in total. The highest BCUT2D eigenvalue weighted by Gasteiger charge is 2.43. The summed E-state index contributed by atoms with van der Waals surface area (Å²) >= 11 is 0. The van der Waals surface area contributed by atoms with E-state index in [2.05, 4.69) is 4.90 Å². The quantitative estimate of drug-likeness (QED) is 0.834. The number of primary amides is 1. The number of benzene rings is 1. The van der Waals surface area contributed by atoms with Gasteiger partial charge < -0.3 is 15.6 Å². The average molecular weight is 262 g/mol. The van der Waals surface area contributed by atoms with Crippen LogP contribution in [-0.4, -0.2) is 35.6 Å². The fourth-order valence-corrected chi connectivity index (χ4v) is 2.95. The highest BCUT2D eigenvalue weighted by atomic mass is 16.5. The standard InChI is InChI=1S/C14H18N2O3/c1-14(13(15)18)4-5-16(8-14)11-7-19-12-6-9(17)2-3-10(11)12/h2-3,6,11,17H,4-5,7-8H2,1H3,(H2,15,18). The Kier molecular flexibility index (Phi) is 2.67. The van der Waals surface area contributed by atoms with E-state index in [4.69, 9.17) is 10.5 Å². The second-order valence-electron chi connectivity index (χ2n) is 5.69. The van der Waals surface area contributed by atoms with Crippen LogP contribution in [0.4, 0.5) is 0 Å². The van der Waals surface area contributed by atoms with Crippen LogP contribution in [0.5, 0.6) is 11.5 Å². The lowest BCUT2D eigenvalue weighted by molar-refractivity contribution is -0.126. The van der Waals surface area contributed by atoms with E-state index in [1.807, 2.05) is 13.0 Å². The Morgan fingerprint density at radius 2 is 2.37 bits per heavy atom. The normalized spacial score (nSPS) is 30.1. The molecule has 2 aliphatic heterocycles. The van der Waals surface area contributed by atoms with Crippen molar-refractivity contribution >= 4 is 5.91 Å². The van der Waals surface area contributed by atoms with Crippen molar-refractivity contribution in [2.75, 3.05) is 19.7 Å². The summed E-state index contributed by atoms with van der Waals surface area (Å²) < 4.78 is 5.62. The van der Waals surface area contributed by atoms with Crippen molar-refractivity contribution in [3.63, 3.8) is 0 Å². The first-order valence-corrected chi connectivity index (χ1v) is 6.49. The lowest BCUT2D eigenvalue weighted by Crippen LogP contribution is -2.38. The lowest BCUT2D eigenvalue weighted by Gasteiger charge is -2.25. The van der Waals surface area contributed by atoms with Crippen molar-refractivity contribution in [3.05, 3.63) is 23.8 Å². The van der Waals surface area contributed by atoms with Crippen molar-refractivity contribution in [1.29, 1.82) is 0 Å². The van der Waals surface area contributed by atoms with Crippen molar-refractivity contribution in [2.24, 2.45) is 11.1 Å². The molecule has 1 amide bonds. The molecule has 1 saturated heterocycles. The fraction of sp³-hybridized carbons (Fsp3) is 0.500. The average Bonchev–Trinajstić information content (AvgIpc) is 2.93. The predicted octanol–water partition coefficient (Wildman–Crippen LogP) is 1.02. The number of hydrogen-bond donors (Lipinski definition) is 2. The van der Waals surface area contributed by atoms with Crippen LogP contribution in [0.1, 0.15) is 24.9 Å². The van der Waals surface area contributed by atoms with Gasteiger partial charge in [0.05, 0.1) is 11.5 Å². The molecule has 19 heavy (non-hydrogen) atoms. The first kappa shape index (κ1) is 12.3. The van der Waals surface area contributed by atoms with Gasteiger partial charge in [0.1, 0.15) is 18.1 Å². The Morgan fingerprint density at radius 3 is 3.05 bits per heavy atom. The molecule has 2 atom stereocenters. The predicted molar refractivity (Wildman–Crippen MR) is 69.8 cm³/mol. The van der Waals surface area contributed by atoms with E-state index in [1.165, 1.54) is 0 Å². The van der Waals surface area contributed by atoms with E-state index >= 15 is 0 Å². The minimum absolute atomic E-state index is 0.150. The molecule has 1 aromatic carbocycles. The molecule has 1 fully saturated rings. The maximum atomic E-state index is 11.5. The first-order valence-electron chi connectivity index (χ1n) is 6.49. The minimum Gasteiger partial charge on any atom is -0.508 e. The zero-order chi connectivity index (χ0) is 13.6. The topological polar surface area (TPSA) is 75.8 Å². The zero-order valence-corrected chi connectivity index (χ0v) is 10.9. The summed E-state index contributed by atoms with van der Waals surface area (Å²) in [6.45, 7) is 3.99. The number of phenolic OH excluding ortho intramolecular Hbond substituents is 1. The highest BCUT2D eigenvalue weighted by molar-refractivity contribution is 5.81. The molecule has 3 N–H and O–H groups in total. The van der Waals surface area contributed by atoms with Gasteiger partial charge in [-0.3, -0.25) is 9.69 Å². The summed E-state index contributed by atoms with van der Waals surface area (Å²) in [6.07, 6.45) is 0.784. The third kappa shape index (κ3) is 1.94. The number of carbonyl (C=O) groups excluding carboxylic acids is 1. The zero-order valence-electron chi connectivity index (χ0n) is 10.9. The Labute approximate surface area is 112 Å². The Morgan fingerprint density at radius 1 is 1.58 bits per heavy atom. The molecule has 0 spiro atoms. The maximum absolute atomic E-state index is 11.5. The van der Waals surface area contributed by atoms with Gasteiger partial charge in [0, 0.05) is 18.2 Å². The number of hydrogen-bond acceptors (Lipinski definition) is 4. The van der Waals surface area contributed by atoms with Gasteiger partial charge in [-0.2, -0.15) is 0 Å². The fourth-order valence-electron chi connectivity index (χ4n) is 2.95. The van der Waals surface area contributed by atoms with Crippen LogP contribution in [0.15, 0.2) is 18.2 Å². The summed E-state index contributed by atoms with van der Waals surface area (Å²) in [7, 11) is 0. The number of phenols is 1. The molecule has 0 saturated carbocycles. The summed E-state index contributed by atoms with van der Waals surface area (Å²) in [4.78, 5) is 13.7. The number of amides is 1. The summed E-state index contributed by atoms with van der Waals surface area (Å²) in [5.74, 6) is 0.709. The molecule has 5 heteroatoms. The Hall–Kier alpha value is -1.75. The molecule has 102 valence electrons. The third-order valence-electron chi connectivity index (χ3n) is 4.29. The number of aromatic hydroxyl groups is 1. The molecule has 0 aliphatic carbocycles. The highest BCUT2D eigenvalue weighted by Crippen LogP contribution is 2.42. The van der Waals surface area contributed by atoms with E-state index in [-0.39, 0.29) is 17.7 Å². The molecule has 2 aliphatic rings. The number of rotatable bonds is 2. The molecule has 1 aromatic rings. The van der Waals surface area contributed by atoms with E-state index in [9.17, 15) is 9.90 Å². The molecule has 3 rings (SSSR count). The van der Waals surface area contributed by atoms with E-state index < -0.39 is 5.41 Å². The van der Waals surface area contributed by atoms with Gasteiger partial charge in [0.2, 0.25) is 5.91 Å². The largest absolute Gasteiger partial charge is 0.508 e. The number of carbonyl (C=O) groups is 1. The van der Waals surface area contributed by atoms with Gasteiger partial charge in [0.15, 0.2) is 0 Å². The second kappa shape index (κ2) is 4.13. The van der Waals surface area contributed by atoms with Crippen LogP contribution in [0.2, 0.25) is 0 Å². The molecule has 2 heterocycles. The van der Waals surface area contributed by atoms with Gasteiger partial charge in [0.25, 0.3) is 0 Å². The number of ether oxygens (including phenoxy) is 1. The van der Waals surface area contributed by atoms with Crippen molar-refractivity contribution in [2.45, 2.75) is 19.4 Å². The number of fused-ring (bicyclic) bond motifs is 1. The van der Waals surface area contributed by atoms with Crippen LogP contribution >= 0.6 is 0 Å². The van der Waals surface area contributed by atoms with Crippen LogP contribution in [0.25, 0.3) is 0 Å². The van der Waals surface area contributed by atoms with Gasteiger partial charge in [-0.05, 0) is 32.0 Å². The summed E-state index contributed by atoms with van der Waals surface area (Å²) in [5, 5.41) is 9.45. The molecule has 0 aromatic heterocycles. The SMILES string of the molecule is CC1(C(N)=O)CCN(C2COc3cc(O)ccc32)C1. The van der Waals surface area contributed by atoms with Crippen molar-refractivity contribution in [3.8, 4) is 11.5 Å². The molecule has 2 unspecified atom stereocenters. The van der Waals surface area contributed by atoms with E-state index in [1.54, 1.807) is 12.1 Å².